The van der Waals surface area contributed by atoms with Crippen LogP contribution in [0.15, 0.2) is 29.2 Å². The third-order valence-corrected chi connectivity index (χ3v) is 5.35. The van der Waals surface area contributed by atoms with Crippen LogP contribution in [0.2, 0.25) is 0 Å². The Morgan fingerprint density at radius 2 is 1.88 bits per heavy atom. The minimum Gasteiger partial charge on any atom is -0.481 e. The fourth-order valence-corrected chi connectivity index (χ4v) is 3.42. The van der Waals surface area contributed by atoms with Crippen LogP contribution in [0.1, 0.15) is 39.0 Å². The highest BCUT2D eigenvalue weighted by atomic mass is 32.2. The Morgan fingerprint density at radius 3 is 2.42 bits per heavy atom. The maximum atomic E-state index is 12.2. The summed E-state index contributed by atoms with van der Waals surface area (Å²) in [5.74, 6) is -0.472. The number of rotatable bonds is 7. The number of carboxylic acid groups (broad SMARTS) is 1. The zero-order chi connectivity index (χ0) is 17.6. The quantitative estimate of drug-likeness (QED) is 0.737. The number of nitrogens with one attached hydrogen (secondary N) is 1. The Kier molecular flexibility index (Phi) is 6.54. The van der Waals surface area contributed by atoms with Crippen LogP contribution < -0.4 is 10.1 Å². The normalized spacial score (nSPS) is 17.8. The maximum absolute atomic E-state index is 12.2. The van der Waals surface area contributed by atoms with Crippen molar-refractivity contribution in [3.05, 3.63) is 24.3 Å². The second-order valence-corrected chi connectivity index (χ2v) is 7.18. The molecular formula is C18H25NO4S. The average molecular weight is 351 g/mol. The van der Waals surface area contributed by atoms with Gasteiger partial charge in [0.1, 0.15) is 5.75 Å². The summed E-state index contributed by atoms with van der Waals surface area (Å²) >= 11 is 1.64. The second-order valence-electron chi connectivity index (χ2n) is 6.30. The first-order chi connectivity index (χ1) is 11.5. The highest BCUT2D eigenvalue weighted by Crippen LogP contribution is 2.36. The Morgan fingerprint density at radius 1 is 1.25 bits per heavy atom. The van der Waals surface area contributed by atoms with Crippen molar-refractivity contribution in [2.75, 3.05) is 12.8 Å². The van der Waals surface area contributed by atoms with E-state index in [9.17, 15) is 14.7 Å². The molecule has 0 aromatic heterocycles. The topological polar surface area (TPSA) is 75.6 Å². The monoisotopic (exact) mass is 351 g/mol. The zero-order valence-corrected chi connectivity index (χ0v) is 15.0. The van der Waals surface area contributed by atoms with Gasteiger partial charge in [0, 0.05) is 11.4 Å². The Hall–Kier alpha value is -1.69. The zero-order valence-electron chi connectivity index (χ0n) is 14.2. The van der Waals surface area contributed by atoms with E-state index in [0.717, 1.165) is 24.2 Å². The molecule has 0 saturated heterocycles. The van der Waals surface area contributed by atoms with Crippen molar-refractivity contribution in [1.29, 1.82) is 0 Å². The number of benzene rings is 1. The maximum Gasteiger partial charge on any atom is 0.311 e. The molecule has 24 heavy (non-hydrogen) atoms. The van der Waals surface area contributed by atoms with E-state index in [4.69, 9.17) is 4.74 Å². The summed E-state index contributed by atoms with van der Waals surface area (Å²) in [4.78, 5) is 25.0. The molecule has 2 N–H and O–H groups in total. The number of carboxylic acids is 1. The van der Waals surface area contributed by atoms with E-state index in [1.165, 1.54) is 0 Å². The van der Waals surface area contributed by atoms with E-state index in [0.29, 0.717) is 18.6 Å². The van der Waals surface area contributed by atoms with Gasteiger partial charge in [-0.2, -0.15) is 0 Å². The van der Waals surface area contributed by atoms with Gasteiger partial charge in [0.25, 0.3) is 5.91 Å². The molecule has 1 aliphatic rings. The average Bonchev–Trinajstić information content (AvgIpc) is 2.61. The Labute approximate surface area is 147 Å². The van der Waals surface area contributed by atoms with Crippen molar-refractivity contribution in [1.82, 2.24) is 5.32 Å². The van der Waals surface area contributed by atoms with Gasteiger partial charge in [0.2, 0.25) is 0 Å². The van der Waals surface area contributed by atoms with Crippen molar-refractivity contribution in [3.63, 3.8) is 0 Å². The van der Waals surface area contributed by atoms with Crippen molar-refractivity contribution in [2.24, 2.45) is 5.41 Å². The fraction of sp³-hybridized carbons (Fsp3) is 0.556. The number of hydrogen-bond donors (Lipinski definition) is 2. The summed E-state index contributed by atoms with van der Waals surface area (Å²) in [6.45, 7) is 1.84. The van der Waals surface area contributed by atoms with Gasteiger partial charge in [-0.05, 0) is 50.3 Å². The summed E-state index contributed by atoms with van der Waals surface area (Å²) in [5.41, 5.74) is -0.826. The lowest BCUT2D eigenvalue weighted by Crippen LogP contribution is -2.47. The van der Waals surface area contributed by atoms with Crippen LogP contribution in [-0.2, 0) is 9.59 Å². The predicted molar refractivity (Wildman–Crippen MR) is 94.5 cm³/mol. The van der Waals surface area contributed by atoms with E-state index >= 15 is 0 Å². The number of aliphatic carboxylic acids is 1. The number of thioether (sulfide) groups is 1. The molecule has 1 unspecified atom stereocenters. The molecule has 1 aromatic rings. The lowest BCUT2D eigenvalue weighted by molar-refractivity contribution is -0.151. The molecule has 1 fully saturated rings. The molecule has 1 aliphatic carbocycles. The molecule has 5 nitrogen and oxygen atoms in total. The van der Waals surface area contributed by atoms with E-state index in [-0.39, 0.29) is 12.5 Å². The smallest absolute Gasteiger partial charge is 0.311 e. The minimum absolute atomic E-state index is 0.167. The SMILES string of the molecule is CSc1ccc(OC(C)C(=O)NCC2(C(=O)O)CCCCC2)cc1. The van der Waals surface area contributed by atoms with Crippen LogP contribution >= 0.6 is 11.8 Å². The molecule has 132 valence electrons. The molecule has 0 bridgehead atoms. The summed E-state index contributed by atoms with van der Waals surface area (Å²) in [6, 6.07) is 7.53. The number of carbonyl (C=O) groups excluding carboxylic acids is 1. The number of amides is 1. The van der Waals surface area contributed by atoms with E-state index in [2.05, 4.69) is 5.32 Å². The van der Waals surface area contributed by atoms with Crippen LogP contribution in [0, 0.1) is 5.41 Å². The number of hydrogen-bond acceptors (Lipinski definition) is 4. The minimum atomic E-state index is -0.826. The lowest BCUT2D eigenvalue weighted by Gasteiger charge is -2.33. The van der Waals surface area contributed by atoms with Gasteiger partial charge >= 0.3 is 5.97 Å². The van der Waals surface area contributed by atoms with Gasteiger partial charge in [-0.1, -0.05) is 19.3 Å². The summed E-state index contributed by atoms with van der Waals surface area (Å²) < 4.78 is 5.64. The molecule has 2 rings (SSSR count). The van der Waals surface area contributed by atoms with E-state index < -0.39 is 17.5 Å². The van der Waals surface area contributed by atoms with E-state index in [1.54, 1.807) is 18.7 Å². The number of ether oxygens (including phenoxy) is 1. The standard InChI is InChI=1S/C18H25NO4S/c1-13(23-14-6-8-15(24-2)9-7-14)16(20)19-12-18(17(21)22)10-4-3-5-11-18/h6-9,13H,3-5,10-12H2,1-2H3,(H,19,20)(H,21,22). The van der Waals surface area contributed by atoms with Crippen LogP contribution in [0.3, 0.4) is 0 Å². The van der Waals surface area contributed by atoms with Gasteiger partial charge in [-0.3, -0.25) is 9.59 Å². The third-order valence-electron chi connectivity index (χ3n) is 4.61. The highest BCUT2D eigenvalue weighted by Gasteiger charge is 2.40. The highest BCUT2D eigenvalue weighted by molar-refractivity contribution is 7.98. The Balaban J connectivity index is 1.89. The largest absolute Gasteiger partial charge is 0.481 e. The van der Waals surface area contributed by atoms with Gasteiger partial charge in [0.15, 0.2) is 6.10 Å². The molecular weight excluding hydrogens is 326 g/mol. The van der Waals surface area contributed by atoms with Gasteiger partial charge in [-0.15, -0.1) is 11.8 Å². The molecule has 1 atom stereocenters. The van der Waals surface area contributed by atoms with Crippen molar-refractivity contribution in [3.8, 4) is 5.75 Å². The molecule has 0 heterocycles. The summed E-state index contributed by atoms with van der Waals surface area (Å²) in [5, 5.41) is 12.3. The van der Waals surface area contributed by atoms with Crippen molar-refractivity contribution in [2.45, 2.75) is 50.0 Å². The molecule has 0 spiro atoms. The summed E-state index contributed by atoms with van der Waals surface area (Å²) in [6.07, 6.45) is 5.43. The first-order valence-electron chi connectivity index (χ1n) is 8.29. The van der Waals surface area contributed by atoms with Crippen LogP contribution in [0.4, 0.5) is 0 Å². The Bertz CT molecular complexity index is 567. The molecule has 6 heteroatoms. The van der Waals surface area contributed by atoms with E-state index in [1.807, 2.05) is 30.5 Å². The van der Waals surface area contributed by atoms with Gasteiger partial charge < -0.3 is 15.2 Å². The number of carbonyl (C=O) groups is 2. The molecule has 1 amide bonds. The molecule has 0 aliphatic heterocycles. The first-order valence-corrected chi connectivity index (χ1v) is 9.51. The fourth-order valence-electron chi connectivity index (χ4n) is 3.01. The molecule has 1 saturated carbocycles. The molecule has 0 radical (unpaired) electrons. The second kappa shape index (κ2) is 8.42. The summed E-state index contributed by atoms with van der Waals surface area (Å²) in [7, 11) is 0. The van der Waals surface area contributed by atoms with Gasteiger partial charge in [0.05, 0.1) is 5.41 Å². The van der Waals surface area contributed by atoms with Crippen LogP contribution in [-0.4, -0.2) is 35.9 Å². The third kappa shape index (κ3) is 4.66. The lowest BCUT2D eigenvalue weighted by atomic mass is 9.74. The van der Waals surface area contributed by atoms with Crippen LogP contribution in [0.25, 0.3) is 0 Å². The van der Waals surface area contributed by atoms with Crippen molar-refractivity contribution < 1.29 is 19.4 Å². The van der Waals surface area contributed by atoms with Crippen molar-refractivity contribution >= 4 is 23.6 Å². The molecule has 1 aromatic carbocycles. The van der Waals surface area contributed by atoms with Gasteiger partial charge in [-0.25, -0.2) is 0 Å². The first kappa shape index (κ1) is 18.6. The predicted octanol–water partition coefficient (Wildman–Crippen LogP) is 3.33. The van der Waals surface area contributed by atoms with Crippen LogP contribution in [0.5, 0.6) is 5.75 Å².